The number of hydrogen-bond donors (Lipinski definition) is 1. The van der Waals surface area contributed by atoms with E-state index in [4.69, 9.17) is 4.74 Å². The van der Waals surface area contributed by atoms with Crippen LogP contribution in [0.5, 0.6) is 5.75 Å². The lowest BCUT2D eigenvalue weighted by molar-refractivity contribution is 0.0369. The Kier molecular flexibility index (Phi) is 4.80. The summed E-state index contributed by atoms with van der Waals surface area (Å²) in [5.74, 6) is 0.415. The van der Waals surface area contributed by atoms with Crippen LogP contribution < -0.4 is 4.74 Å². The maximum atomic E-state index is 12.3. The summed E-state index contributed by atoms with van der Waals surface area (Å²) in [6.45, 7) is 5.53. The Morgan fingerprint density at radius 1 is 1.56 bits per heavy atom. The highest BCUT2D eigenvalue weighted by Crippen LogP contribution is 2.39. The molecule has 4 nitrogen and oxygen atoms in total. The van der Waals surface area contributed by atoms with Crippen LogP contribution in [-0.4, -0.2) is 42.2 Å². The van der Waals surface area contributed by atoms with Crippen LogP contribution in [0.4, 0.5) is 0 Å². The van der Waals surface area contributed by atoms with E-state index >= 15 is 0 Å². The molecule has 1 rings (SSSR count). The average molecular weight is 336 g/mol. The molecular weight excluding hydrogens is 318 g/mol. The largest absolute Gasteiger partial charge is 0.494 e. The first-order chi connectivity index (χ1) is 8.17. The van der Waals surface area contributed by atoms with E-state index in [9.17, 15) is 9.90 Å². The van der Waals surface area contributed by atoms with E-state index in [2.05, 4.69) is 15.9 Å². The molecule has 1 heterocycles. The van der Waals surface area contributed by atoms with Gasteiger partial charge in [-0.2, -0.15) is 0 Å². The minimum atomic E-state index is -0.915. The zero-order chi connectivity index (χ0) is 14.1. The fraction of sp³-hybridized carbons (Fsp3) is 0.583. The molecule has 0 aliphatic carbocycles. The molecule has 0 fully saturated rings. The van der Waals surface area contributed by atoms with E-state index in [1.54, 1.807) is 28.0 Å². The lowest BCUT2D eigenvalue weighted by Gasteiger charge is -2.25. The second-order valence-electron chi connectivity index (χ2n) is 4.81. The van der Waals surface area contributed by atoms with Gasteiger partial charge in [-0.05, 0) is 36.7 Å². The number of aryl methyl sites for hydroxylation is 1. The first-order valence-electron chi connectivity index (χ1n) is 5.48. The lowest BCUT2D eigenvalue weighted by Crippen LogP contribution is -2.39. The van der Waals surface area contributed by atoms with E-state index in [1.807, 2.05) is 6.92 Å². The number of methoxy groups -OCH3 is 1. The Morgan fingerprint density at radius 2 is 2.11 bits per heavy atom. The van der Waals surface area contributed by atoms with Gasteiger partial charge in [0.15, 0.2) is 5.75 Å². The van der Waals surface area contributed by atoms with Gasteiger partial charge >= 0.3 is 0 Å². The van der Waals surface area contributed by atoms with E-state index < -0.39 is 5.60 Å². The van der Waals surface area contributed by atoms with Crippen molar-refractivity contribution in [2.75, 3.05) is 20.7 Å². The monoisotopic (exact) mass is 335 g/mol. The van der Waals surface area contributed by atoms with Gasteiger partial charge in [0.1, 0.15) is 4.88 Å². The fourth-order valence-electron chi connectivity index (χ4n) is 1.65. The van der Waals surface area contributed by atoms with Crippen LogP contribution in [0, 0.1) is 6.92 Å². The van der Waals surface area contributed by atoms with Crippen LogP contribution in [0.15, 0.2) is 4.47 Å². The van der Waals surface area contributed by atoms with Crippen molar-refractivity contribution in [1.82, 2.24) is 4.90 Å². The molecule has 0 saturated heterocycles. The molecule has 0 aliphatic heterocycles. The molecule has 0 unspecified atom stereocenters. The highest BCUT2D eigenvalue weighted by molar-refractivity contribution is 9.10. The van der Waals surface area contributed by atoms with Crippen LogP contribution in [-0.2, 0) is 0 Å². The minimum absolute atomic E-state index is 0.146. The van der Waals surface area contributed by atoms with E-state index in [1.165, 1.54) is 16.2 Å². The van der Waals surface area contributed by atoms with Crippen molar-refractivity contribution in [3.05, 3.63) is 14.2 Å². The van der Waals surface area contributed by atoms with Crippen LogP contribution in [0.2, 0.25) is 0 Å². The highest BCUT2D eigenvalue weighted by Gasteiger charge is 2.26. The summed E-state index contributed by atoms with van der Waals surface area (Å²) in [4.78, 5) is 15.3. The number of rotatable bonds is 4. The Balaban J connectivity index is 3.01. The normalized spacial score (nSPS) is 11.5. The summed E-state index contributed by atoms with van der Waals surface area (Å²) in [6, 6.07) is 0. The summed E-state index contributed by atoms with van der Waals surface area (Å²) in [5, 5.41) is 9.74. The first kappa shape index (κ1) is 15.5. The standard InChI is InChI=1S/C12H18BrNO3S/c1-7-8(13)9(17-5)10(18-7)11(15)14(4)6-12(2,3)16/h16H,6H2,1-5H3. The molecule has 0 radical (unpaired) electrons. The molecule has 1 aromatic rings. The van der Waals surface area contributed by atoms with Crippen LogP contribution in [0.3, 0.4) is 0 Å². The molecule has 18 heavy (non-hydrogen) atoms. The van der Waals surface area contributed by atoms with Gasteiger partial charge in [0, 0.05) is 18.5 Å². The first-order valence-corrected chi connectivity index (χ1v) is 7.09. The topological polar surface area (TPSA) is 49.8 Å². The lowest BCUT2D eigenvalue weighted by atomic mass is 10.1. The molecule has 0 atom stereocenters. The molecule has 0 saturated carbocycles. The summed E-state index contributed by atoms with van der Waals surface area (Å²) < 4.78 is 6.07. The number of carbonyl (C=O) groups is 1. The third-order valence-electron chi connectivity index (χ3n) is 2.34. The number of carbonyl (C=O) groups excluding carboxylic acids is 1. The number of amides is 1. The van der Waals surface area contributed by atoms with Crippen LogP contribution in [0.1, 0.15) is 28.4 Å². The van der Waals surface area contributed by atoms with Crippen molar-refractivity contribution >= 4 is 33.2 Å². The van der Waals surface area contributed by atoms with Gasteiger partial charge in [0.2, 0.25) is 0 Å². The van der Waals surface area contributed by atoms with Gasteiger partial charge in [-0.1, -0.05) is 0 Å². The third kappa shape index (κ3) is 3.46. The van der Waals surface area contributed by atoms with Crippen molar-refractivity contribution in [1.29, 1.82) is 0 Å². The Hall–Kier alpha value is -0.590. The van der Waals surface area contributed by atoms with E-state index in [0.717, 1.165) is 9.35 Å². The Morgan fingerprint density at radius 3 is 2.56 bits per heavy atom. The van der Waals surface area contributed by atoms with Crippen molar-refractivity contribution in [3.8, 4) is 5.75 Å². The van der Waals surface area contributed by atoms with Gasteiger partial charge < -0.3 is 14.7 Å². The number of thiophene rings is 1. The number of likely N-dealkylation sites (N-methyl/N-ethyl adjacent to an activating group) is 1. The average Bonchev–Trinajstić information content (AvgIpc) is 2.51. The molecule has 0 aliphatic rings. The molecule has 6 heteroatoms. The predicted molar refractivity (Wildman–Crippen MR) is 76.6 cm³/mol. The maximum Gasteiger partial charge on any atom is 0.267 e. The molecule has 1 N–H and O–H groups in total. The summed E-state index contributed by atoms with van der Waals surface area (Å²) in [5.41, 5.74) is -0.915. The summed E-state index contributed by atoms with van der Waals surface area (Å²) in [7, 11) is 3.21. The van der Waals surface area contributed by atoms with Gasteiger partial charge in [-0.3, -0.25) is 4.79 Å². The minimum Gasteiger partial charge on any atom is -0.494 e. The van der Waals surface area contributed by atoms with Gasteiger partial charge in [-0.15, -0.1) is 11.3 Å². The van der Waals surface area contributed by atoms with E-state index in [0.29, 0.717) is 10.6 Å². The van der Waals surface area contributed by atoms with Crippen molar-refractivity contribution < 1.29 is 14.6 Å². The fourth-order valence-corrected chi connectivity index (χ4v) is 3.40. The molecule has 1 amide bonds. The van der Waals surface area contributed by atoms with Crippen molar-refractivity contribution in [3.63, 3.8) is 0 Å². The van der Waals surface area contributed by atoms with Gasteiger partial charge in [0.25, 0.3) is 5.91 Å². The van der Waals surface area contributed by atoms with Gasteiger partial charge in [-0.25, -0.2) is 0 Å². The van der Waals surface area contributed by atoms with Crippen molar-refractivity contribution in [2.24, 2.45) is 0 Å². The summed E-state index contributed by atoms with van der Waals surface area (Å²) >= 11 is 4.79. The smallest absolute Gasteiger partial charge is 0.267 e. The zero-order valence-corrected chi connectivity index (χ0v) is 13.6. The number of nitrogens with zero attached hydrogens (tertiary/aromatic N) is 1. The SMILES string of the molecule is COc1c(C(=O)N(C)CC(C)(C)O)sc(C)c1Br. The molecular formula is C12H18BrNO3S. The predicted octanol–water partition coefficient (Wildman–Crippen LogP) is 2.67. The molecule has 0 bridgehead atoms. The van der Waals surface area contributed by atoms with Crippen molar-refractivity contribution in [2.45, 2.75) is 26.4 Å². The third-order valence-corrected chi connectivity index (χ3v) is 4.63. The Labute approximate surface area is 120 Å². The summed E-state index contributed by atoms with van der Waals surface area (Å²) in [6.07, 6.45) is 0. The number of halogens is 1. The van der Waals surface area contributed by atoms with Gasteiger partial charge in [0.05, 0.1) is 17.2 Å². The number of hydrogen-bond acceptors (Lipinski definition) is 4. The molecule has 1 aromatic heterocycles. The zero-order valence-electron chi connectivity index (χ0n) is 11.2. The highest BCUT2D eigenvalue weighted by atomic mass is 79.9. The Bertz CT molecular complexity index is 451. The maximum absolute atomic E-state index is 12.3. The molecule has 102 valence electrons. The van der Waals surface area contributed by atoms with Crippen LogP contribution >= 0.6 is 27.3 Å². The number of ether oxygens (including phenoxy) is 1. The second-order valence-corrected chi connectivity index (χ2v) is 6.83. The van der Waals surface area contributed by atoms with E-state index in [-0.39, 0.29) is 12.5 Å². The molecule has 0 aromatic carbocycles. The molecule has 0 spiro atoms. The van der Waals surface area contributed by atoms with Crippen LogP contribution in [0.25, 0.3) is 0 Å². The number of aliphatic hydroxyl groups is 1. The quantitative estimate of drug-likeness (QED) is 0.920. The second kappa shape index (κ2) is 5.59.